The van der Waals surface area contributed by atoms with Gasteiger partial charge in [0.1, 0.15) is 0 Å². The number of rotatable bonds is 5. The molecule has 0 atom stereocenters. The van der Waals surface area contributed by atoms with Crippen molar-refractivity contribution in [2.45, 2.75) is 12.8 Å². The zero-order valence-corrected chi connectivity index (χ0v) is 12.5. The van der Waals surface area contributed by atoms with Crippen LogP contribution in [0.2, 0.25) is 0 Å². The molecule has 0 bridgehead atoms. The highest BCUT2D eigenvalue weighted by atomic mass is 16.5. The summed E-state index contributed by atoms with van der Waals surface area (Å²) < 4.78 is 10.5. The van der Waals surface area contributed by atoms with E-state index in [1.807, 2.05) is 24.3 Å². The number of nitrogens with zero attached hydrogens (tertiary/aromatic N) is 6. The van der Waals surface area contributed by atoms with E-state index in [-0.39, 0.29) is 0 Å². The van der Waals surface area contributed by atoms with Crippen LogP contribution in [0.15, 0.2) is 58.1 Å². The molecule has 24 heavy (non-hydrogen) atoms. The molecule has 0 fully saturated rings. The van der Waals surface area contributed by atoms with Crippen molar-refractivity contribution in [2.75, 3.05) is 0 Å². The molecule has 0 spiro atoms. The Bertz CT molecular complexity index is 842. The van der Waals surface area contributed by atoms with Gasteiger partial charge in [0, 0.05) is 48.8 Å². The van der Waals surface area contributed by atoms with E-state index in [0.717, 1.165) is 11.1 Å². The van der Waals surface area contributed by atoms with Crippen LogP contribution in [-0.4, -0.2) is 30.2 Å². The molecule has 0 saturated carbocycles. The van der Waals surface area contributed by atoms with E-state index in [1.54, 1.807) is 24.8 Å². The summed E-state index contributed by atoms with van der Waals surface area (Å²) in [5.74, 6) is 2.11. The second kappa shape index (κ2) is 6.37. The Morgan fingerprint density at radius 1 is 0.625 bits per heavy atom. The Hall–Kier alpha value is -3.42. The number of aryl methyl sites for hydroxylation is 2. The van der Waals surface area contributed by atoms with Crippen LogP contribution in [0.1, 0.15) is 11.8 Å². The highest BCUT2D eigenvalue weighted by molar-refractivity contribution is 5.53. The van der Waals surface area contributed by atoms with Crippen molar-refractivity contribution in [3.05, 3.63) is 60.8 Å². The number of pyridine rings is 2. The van der Waals surface area contributed by atoms with Crippen LogP contribution in [0.25, 0.3) is 22.8 Å². The fraction of sp³-hybridized carbons (Fsp3) is 0.125. The zero-order chi connectivity index (χ0) is 16.2. The van der Waals surface area contributed by atoms with Crippen LogP contribution in [0, 0.1) is 0 Å². The molecule has 0 N–H and O–H groups in total. The van der Waals surface area contributed by atoms with E-state index in [1.165, 1.54) is 0 Å². The standard InChI is InChI=1S/C16H12N6O2/c1(13-19-15(21-23-13)11-3-7-17-8-4-11)2-14-20-16(22-24-14)12-5-9-18-10-6-12/h3-10H,1-2H2. The van der Waals surface area contributed by atoms with Gasteiger partial charge in [-0.3, -0.25) is 9.97 Å². The smallest absolute Gasteiger partial charge is 0.227 e. The predicted molar refractivity (Wildman–Crippen MR) is 82.5 cm³/mol. The van der Waals surface area contributed by atoms with Gasteiger partial charge in [-0.25, -0.2) is 0 Å². The molecule has 0 aliphatic carbocycles. The first-order valence-electron chi connectivity index (χ1n) is 7.34. The highest BCUT2D eigenvalue weighted by Crippen LogP contribution is 2.17. The Morgan fingerprint density at radius 3 is 1.46 bits per heavy atom. The summed E-state index contributed by atoms with van der Waals surface area (Å²) in [5.41, 5.74) is 1.72. The summed E-state index contributed by atoms with van der Waals surface area (Å²) in [6.45, 7) is 0. The molecule has 0 aliphatic heterocycles. The lowest BCUT2D eigenvalue weighted by molar-refractivity contribution is 0.354. The molecule has 0 aliphatic rings. The SMILES string of the molecule is c1cc(-c2noc(CCc3nc(-c4ccncc4)no3)n2)ccn1. The molecule has 4 heterocycles. The van der Waals surface area contributed by atoms with Crippen LogP contribution >= 0.6 is 0 Å². The lowest BCUT2D eigenvalue weighted by Gasteiger charge is -1.91. The van der Waals surface area contributed by atoms with Gasteiger partial charge in [0.05, 0.1) is 0 Å². The molecule has 118 valence electrons. The third-order valence-corrected chi connectivity index (χ3v) is 3.37. The monoisotopic (exact) mass is 320 g/mol. The predicted octanol–water partition coefficient (Wildman–Crippen LogP) is 2.36. The van der Waals surface area contributed by atoms with Crippen molar-refractivity contribution >= 4 is 0 Å². The van der Waals surface area contributed by atoms with Gasteiger partial charge in [0.2, 0.25) is 23.4 Å². The number of aromatic nitrogens is 6. The van der Waals surface area contributed by atoms with Gasteiger partial charge in [-0.05, 0) is 24.3 Å². The van der Waals surface area contributed by atoms with Crippen molar-refractivity contribution in [1.29, 1.82) is 0 Å². The van der Waals surface area contributed by atoms with Crippen molar-refractivity contribution in [1.82, 2.24) is 30.2 Å². The minimum atomic E-state index is 0.519. The molecular weight excluding hydrogens is 308 g/mol. The quantitative estimate of drug-likeness (QED) is 0.552. The van der Waals surface area contributed by atoms with Crippen molar-refractivity contribution in [2.24, 2.45) is 0 Å². The minimum Gasteiger partial charge on any atom is -0.339 e. The van der Waals surface area contributed by atoms with E-state index in [9.17, 15) is 0 Å². The Morgan fingerprint density at radius 2 is 1.04 bits per heavy atom. The molecular formula is C16H12N6O2. The molecule has 4 aromatic rings. The average molecular weight is 320 g/mol. The lowest BCUT2D eigenvalue weighted by atomic mass is 10.2. The van der Waals surface area contributed by atoms with E-state index >= 15 is 0 Å². The van der Waals surface area contributed by atoms with E-state index in [0.29, 0.717) is 36.3 Å². The Labute approximate surface area is 136 Å². The summed E-state index contributed by atoms with van der Waals surface area (Å²) >= 11 is 0. The maximum absolute atomic E-state index is 5.25. The third kappa shape index (κ3) is 3.02. The van der Waals surface area contributed by atoms with Gasteiger partial charge in [-0.15, -0.1) is 0 Å². The van der Waals surface area contributed by atoms with Crippen molar-refractivity contribution < 1.29 is 9.05 Å². The molecule has 8 heteroatoms. The van der Waals surface area contributed by atoms with E-state index < -0.39 is 0 Å². The lowest BCUT2D eigenvalue weighted by Crippen LogP contribution is -1.92. The summed E-state index contributed by atoms with van der Waals surface area (Å²) in [6, 6.07) is 7.31. The summed E-state index contributed by atoms with van der Waals surface area (Å²) in [4.78, 5) is 16.6. The summed E-state index contributed by atoms with van der Waals surface area (Å²) in [6.07, 6.45) is 7.79. The topological polar surface area (TPSA) is 104 Å². The molecule has 0 unspecified atom stereocenters. The molecule has 0 saturated heterocycles. The fourth-order valence-electron chi connectivity index (χ4n) is 2.16. The van der Waals surface area contributed by atoms with Gasteiger partial charge in [0.15, 0.2) is 0 Å². The Kier molecular flexibility index (Phi) is 3.77. The van der Waals surface area contributed by atoms with Gasteiger partial charge >= 0.3 is 0 Å². The number of hydrogen-bond acceptors (Lipinski definition) is 8. The highest BCUT2D eigenvalue weighted by Gasteiger charge is 2.12. The maximum atomic E-state index is 5.25. The average Bonchev–Trinajstić information content (AvgIpc) is 3.31. The first-order valence-corrected chi connectivity index (χ1v) is 7.34. The van der Waals surface area contributed by atoms with Crippen LogP contribution in [0.3, 0.4) is 0 Å². The van der Waals surface area contributed by atoms with Crippen LogP contribution in [0.5, 0.6) is 0 Å². The second-order valence-electron chi connectivity index (χ2n) is 5.00. The first-order chi connectivity index (χ1) is 11.9. The third-order valence-electron chi connectivity index (χ3n) is 3.37. The van der Waals surface area contributed by atoms with Crippen LogP contribution in [0.4, 0.5) is 0 Å². The maximum Gasteiger partial charge on any atom is 0.227 e. The van der Waals surface area contributed by atoms with Crippen molar-refractivity contribution in [3.8, 4) is 22.8 Å². The molecule has 4 aromatic heterocycles. The summed E-state index contributed by atoms with van der Waals surface area (Å²) in [7, 11) is 0. The second-order valence-corrected chi connectivity index (χ2v) is 5.00. The van der Waals surface area contributed by atoms with Gasteiger partial charge in [-0.2, -0.15) is 9.97 Å². The summed E-state index contributed by atoms with van der Waals surface area (Å²) in [5, 5.41) is 7.93. The van der Waals surface area contributed by atoms with Gasteiger partial charge < -0.3 is 9.05 Å². The molecule has 8 nitrogen and oxygen atoms in total. The Balaban J connectivity index is 1.43. The minimum absolute atomic E-state index is 0.519. The largest absolute Gasteiger partial charge is 0.339 e. The number of hydrogen-bond donors (Lipinski definition) is 0. The molecule has 4 rings (SSSR count). The van der Waals surface area contributed by atoms with Crippen molar-refractivity contribution in [3.63, 3.8) is 0 Å². The fourth-order valence-corrected chi connectivity index (χ4v) is 2.16. The first kappa shape index (κ1) is 14.2. The molecule has 0 amide bonds. The van der Waals surface area contributed by atoms with E-state index in [2.05, 4.69) is 30.2 Å². The van der Waals surface area contributed by atoms with E-state index in [4.69, 9.17) is 9.05 Å². The molecule has 0 radical (unpaired) electrons. The molecule has 0 aromatic carbocycles. The van der Waals surface area contributed by atoms with Gasteiger partial charge in [-0.1, -0.05) is 10.3 Å². The normalized spacial score (nSPS) is 10.8. The van der Waals surface area contributed by atoms with Gasteiger partial charge in [0.25, 0.3) is 0 Å². The van der Waals surface area contributed by atoms with Crippen LogP contribution in [-0.2, 0) is 12.8 Å². The van der Waals surface area contributed by atoms with Crippen LogP contribution < -0.4 is 0 Å². The zero-order valence-electron chi connectivity index (χ0n) is 12.5.